The Bertz CT molecular complexity index is 771. The Hall–Kier alpha value is -2.08. The molecule has 0 aromatic heterocycles. The average molecular weight is 344 g/mol. The molecule has 0 bridgehead atoms. The monoisotopic (exact) mass is 344 g/mol. The number of fused-ring (bicyclic) bond motifs is 2. The predicted octanol–water partition coefficient (Wildman–Crippen LogP) is 3.12. The molecular weight excluding hydrogens is 320 g/mol. The summed E-state index contributed by atoms with van der Waals surface area (Å²) >= 11 is 0. The Morgan fingerprint density at radius 3 is 2.64 bits per heavy atom. The quantitative estimate of drug-likeness (QED) is 0.864. The van der Waals surface area contributed by atoms with Crippen molar-refractivity contribution in [3.63, 3.8) is 0 Å². The lowest BCUT2D eigenvalue weighted by Crippen LogP contribution is -2.52. The molecule has 1 saturated heterocycles. The lowest BCUT2D eigenvalue weighted by molar-refractivity contribution is -0.00667. The molecule has 1 aromatic carbocycles. The molecule has 2 fully saturated rings. The van der Waals surface area contributed by atoms with Crippen molar-refractivity contribution in [1.29, 1.82) is 0 Å². The third-order valence-electron chi connectivity index (χ3n) is 5.67. The van der Waals surface area contributed by atoms with Crippen molar-refractivity contribution in [2.45, 2.75) is 57.3 Å². The second-order valence-electron chi connectivity index (χ2n) is 8.45. The van der Waals surface area contributed by atoms with E-state index < -0.39 is 5.60 Å². The standard InChI is InChI=1S/C19H24N2O4/c1-17(2)9-14(22)13-7-12(5-6-15(13)25-17)20-16(23)21-19-8-11(19)10-24-18(19,3)4/h5-7,11H,8-10H2,1-4H3,(H2,20,21,23). The molecule has 0 radical (unpaired) electrons. The van der Waals surface area contributed by atoms with Crippen LogP contribution in [0.5, 0.6) is 5.75 Å². The first-order valence-corrected chi connectivity index (χ1v) is 8.71. The SMILES string of the molecule is CC1(C)CC(=O)c2cc(NC(=O)NC34CC3COC4(C)C)ccc2O1. The van der Waals surface area contributed by atoms with Gasteiger partial charge in [0, 0.05) is 11.6 Å². The van der Waals surface area contributed by atoms with E-state index in [2.05, 4.69) is 10.6 Å². The maximum absolute atomic E-state index is 12.4. The minimum Gasteiger partial charge on any atom is -0.487 e. The number of Topliss-reactive ketones (excluding diaryl/α,β-unsaturated/α-hetero) is 1. The van der Waals surface area contributed by atoms with Gasteiger partial charge in [-0.3, -0.25) is 4.79 Å². The number of carbonyl (C=O) groups excluding carboxylic acids is 2. The molecule has 4 rings (SSSR count). The van der Waals surface area contributed by atoms with Crippen molar-refractivity contribution in [2.75, 3.05) is 11.9 Å². The molecule has 6 nitrogen and oxygen atoms in total. The Labute approximate surface area is 147 Å². The first-order valence-electron chi connectivity index (χ1n) is 8.71. The number of amides is 2. The van der Waals surface area contributed by atoms with Crippen molar-refractivity contribution < 1.29 is 19.1 Å². The number of nitrogens with one attached hydrogen (secondary N) is 2. The average Bonchev–Trinajstić information content (AvgIpc) is 3.14. The Balaban J connectivity index is 1.48. The minimum atomic E-state index is -0.495. The van der Waals surface area contributed by atoms with Gasteiger partial charge in [0.05, 0.1) is 29.7 Å². The summed E-state index contributed by atoms with van der Waals surface area (Å²) in [5.74, 6) is 0.980. The van der Waals surface area contributed by atoms with Gasteiger partial charge in [-0.2, -0.15) is 0 Å². The summed E-state index contributed by atoms with van der Waals surface area (Å²) < 4.78 is 11.6. The first kappa shape index (κ1) is 16.4. The second kappa shape index (κ2) is 4.97. The fourth-order valence-corrected chi connectivity index (χ4v) is 4.10. The van der Waals surface area contributed by atoms with E-state index >= 15 is 0 Å². The molecule has 1 aromatic rings. The van der Waals surface area contributed by atoms with Crippen molar-refractivity contribution in [2.24, 2.45) is 5.92 Å². The highest BCUT2D eigenvalue weighted by atomic mass is 16.5. The van der Waals surface area contributed by atoms with E-state index in [1.165, 1.54) is 0 Å². The Morgan fingerprint density at radius 2 is 2.00 bits per heavy atom. The maximum Gasteiger partial charge on any atom is 0.319 e. The number of hydrogen-bond donors (Lipinski definition) is 2. The topological polar surface area (TPSA) is 76.7 Å². The van der Waals surface area contributed by atoms with Crippen LogP contribution < -0.4 is 15.4 Å². The highest BCUT2D eigenvalue weighted by Gasteiger charge is 2.69. The third kappa shape index (κ3) is 2.59. The lowest BCUT2D eigenvalue weighted by atomic mass is 9.93. The van der Waals surface area contributed by atoms with Gasteiger partial charge in [-0.05, 0) is 52.3 Å². The summed E-state index contributed by atoms with van der Waals surface area (Å²) in [4.78, 5) is 24.8. The number of carbonyl (C=O) groups is 2. The summed E-state index contributed by atoms with van der Waals surface area (Å²) in [5.41, 5.74) is -0.0404. The largest absolute Gasteiger partial charge is 0.487 e. The third-order valence-corrected chi connectivity index (χ3v) is 5.67. The van der Waals surface area contributed by atoms with E-state index in [4.69, 9.17) is 9.47 Å². The number of urea groups is 1. The van der Waals surface area contributed by atoms with Crippen LogP contribution in [-0.4, -0.2) is 35.2 Å². The van der Waals surface area contributed by atoms with Gasteiger partial charge >= 0.3 is 6.03 Å². The van der Waals surface area contributed by atoms with Gasteiger partial charge in [-0.25, -0.2) is 4.79 Å². The highest BCUT2D eigenvalue weighted by Crippen LogP contribution is 2.57. The zero-order chi connectivity index (χ0) is 18.0. The van der Waals surface area contributed by atoms with E-state index in [0.29, 0.717) is 35.9 Å². The highest BCUT2D eigenvalue weighted by molar-refractivity contribution is 6.02. The molecule has 2 unspecified atom stereocenters. The van der Waals surface area contributed by atoms with Crippen molar-refractivity contribution in [3.8, 4) is 5.75 Å². The second-order valence-corrected chi connectivity index (χ2v) is 8.45. The van der Waals surface area contributed by atoms with Gasteiger partial charge in [0.2, 0.25) is 0 Å². The van der Waals surface area contributed by atoms with Gasteiger partial charge in [-0.15, -0.1) is 0 Å². The Kier molecular flexibility index (Phi) is 3.26. The zero-order valence-electron chi connectivity index (χ0n) is 15.1. The number of anilines is 1. The molecule has 1 saturated carbocycles. The fourth-order valence-electron chi connectivity index (χ4n) is 4.10. The first-order chi connectivity index (χ1) is 11.6. The minimum absolute atomic E-state index is 0.0292. The van der Waals surface area contributed by atoms with Crippen LogP contribution in [0.4, 0.5) is 10.5 Å². The molecule has 2 heterocycles. The molecule has 6 heteroatoms. The molecule has 2 N–H and O–H groups in total. The molecule has 1 aliphatic carbocycles. The van der Waals surface area contributed by atoms with Crippen LogP contribution in [0.15, 0.2) is 18.2 Å². The van der Waals surface area contributed by atoms with Gasteiger partial charge in [0.25, 0.3) is 0 Å². The molecule has 2 aliphatic heterocycles. The number of hydrogen-bond acceptors (Lipinski definition) is 4. The smallest absolute Gasteiger partial charge is 0.319 e. The zero-order valence-corrected chi connectivity index (χ0v) is 15.1. The molecular formula is C19H24N2O4. The summed E-state index contributed by atoms with van der Waals surface area (Å²) in [6.07, 6.45) is 1.27. The molecule has 134 valence electrons. The van der Waals surface area contributed by atoms with Crippen LogP contribution in [0.1, 0.15) is 50.9 Å². The maximum atomic E-state index is 12.4. The molecule has 2 amide bonds. The van der Waals surface area contributed by atoms with Gasteiger partial charge in [-0.1, -0.05) is 0 Å². The van der Waals surface area contributed by atoms with Gasteiger partial charge < -0.3 is 20.1 Å². The summed E-state index contributed by atoms with van der Waals surface area (Å²) in [5, 5.41) is 5.92. The van der Waals surface area contributed by atoms with E-state index in [1.807, 2.05) is 27.7 Å². The van der Waals surface area contributed by atoms with Crippen LogP contribution in [0.25, 0.3) is 0 Å². The fraction of sp³-hybridized carbons (Fsp3) is 0.579. The summed E-state index contributed by atoms with van der Waals surface area (Å²) in [7, 11) is 0. The van der Waals surface area contributed by atoms with Crippen molar-refractivity contribution in [3.05, 3.63) is 23.8 Å². The van der Waals surface area contributed by atoms with Crippen LogP contribution in [-0.2, 0) is 4.74 Å². The van der Waals surface area contributed by atoms with Crippen LogP contribution in [0.3, 0.4) is 0 Å². The molecule has 2 atom stereocenters. The van der Waals surface area contributed by atoms with E-state index in [-0.39, 0.29) is 23.0 Å². The van der Waals surface area contributed by atoms with Crippen molar-refractivity contribution >= 4 is 17.5 Å². The lowest BCUT2D eigenvalue weighted by Gasteiger charge is -2.32. The number of benzene rings is 1. The number of ketones is 1. The van der Waals surface area contributed by atoms with E-state index in [9.17, 15) is 9.59 Å². The Morgan fingerprint density at radius 1 is 1.24 bits per heavy atom. The summed E-state index contributed by atoms with van der Waals surface area (Å²) in [6.45, 7) is 8.50. The van der Waals surface area contributed by atoms with Crippen LogP contribution >= 0.6 is 0 Å². The normalized spacial score (nSPS) is 30.7. The molecule has 25 heavy (non-hydrogen) atoms. The van der Waals surface area contributed by atoms with E-state index in [1.54, 1.807) is 18.2 Å². The number of rotatable bonds is 2. The van der Waals surface area contributed by atoms with Gasteiger partial charge in [0.15, 0.2) is 5.78 Å². The summed E-state index contributed by atoms with van der Waals surface area (Å²) in [6, 6.07) is 4.91. The van der Waals surface area contributed by atoms with Crippen LogP contribution in [0, 0.1) is 5.92 Å². The van der Waals surface area contributed by atoms with E-state index in [0.717, 1.165) is 6.42 Å². The van der Waals surface area contributed by atoms with Crippen molar-refractivity contribution in [1.82, 2.24) is 5.32 Å². The molecule has 3 aliphatic rings. The number of ether oxygens (including phenoxy) is 2. The van der Waals surface area contributed by atoms with Crippen LogP contribution in [0.2, 0.25) is 0 Å². The molecule has 0 spiro atoms. The van der Waals surface area contributed by atoms with Gasteiger partial charge in [0.1, 0.15) is 11.4 Å². The predicted molar refractivity (Wildman–Crippen MR) is 93.1 cm³/mol.